The van der Waals surface area contributed by atoms with E-state index in [9.17, 15) is 15.2 Å². The molecule has 2 rings (SSSR count). The first-order valence-electron chi connectivity index (χ1n) is 5.97. The molecule has 8 heteroatoms. The van der Waals surface area contributed by atoms with Gasteiger partial charge in [-0.2, -0.15) is 0 Å². The highest BCUT2D eigenvalue weighted by Crippen LogP contribution is 2.33. The van der Waals surface area contributed by atoms with Gasteiger partial charge in [-0.1, -0.05) is 0 Å². The molecule has 0 aromatic heterocycles. The average Bonchev–Trinajstić information content (AvgIpc) is 2.48. The molecule has 0 saturated carbocycles. The summed E-state index contributed by atoms with van der Waals surface area (Å²) in [4.78, 5) is 14.5. The first-order chi connectivity index (χ1) is 10.4. The molecule has 2 aromatic carbocycles. The maximum atomic E-state index is 10.8. The molecule has 114 valence electrons. The molecule has 2 aromatic rings. The van der Waals surface area contributed by atoms with E-state index in [1.807, 2.05) is 0 Å². The van der Waals surface area contributed by atoms with Crippen molar-refractivity contribution in [3.63, 3.8) is 0 Å². The predicted molar refractivity (Wildman–Crippen MR) is 90.4 cm³/mol. The zero-order valence-electron chi connectivity index (χ0n) is 11.3. The molecule has 0 amide bonds. The van der Waals surface area contributed by atoms with E-state index in [4.69, 9.17) is 4.74 Å². The van der Waals surface area contributed by atoms with E-state index >= 15 is 0 Å². The summed E-state index contributed by atoms with van der Waals surface area (Å²) in [5, 5.41) is 20.8. The van der Waals surface area contributed by atoms with E-state index in [2.05, 4.69) is 36.9 Å². The minimum absolute atomic E-state index is 0.109. The van der Waals surface area contributed by atoms with Crippen molar-refractivity contribution in [3.8, 4) is 11.5 Å². The number of aliphatic imine (C=N–C) groups is 1. The molecule has 0 bridgehead atoms. The van der Waals surface area contributed by atoms with Crippen LogP contribution in [0.1, 0.15) is 5.56 Å². The van der Waals surface area contributed by atoms with E-state index < -0.39 is 4.92 Å². The summed E-state index contributed by atoms with van der Waals surface area (Å²) in [6, 6.07) is 7.68. The summed E-state index contributed by atoms with van der Waals surface area (Å²) in [7, 11) is 1.56. The van der Waals surface area contributed by atoms with Crippen molar-refractivity contribution in [2.75, 3.05) is 7.11 Å². The summed E-state index contributed by atoms with van der Waals surface area (Å²) in [5.41, 5.74) is 0.713. The van der Waals surface area contributed by atoms with Gasteiger partial charge in [0.05, 0.1) is 26.7 Å². The third-order valence-corrected chi connectivity index (χ3v) is 4.00. The van der Waals surface area contributed by atoms with Crippen LogP contribution < -0.4 is 4.74 Å². The second-order valence-corrected chi connectivity index (χ2v) is 5.91. The molecule has 0 aliphatic heterocycles. The Labute approximate surface area is 142 Å². The smallest absolute Gasteiger partial charge is 0.271 e. The lowest BCUT2D eigenvalue weighted by Gasteiger charge is -2.04. The quantitative estimate of drug-likeness (QED) is 0.437. The van der Waals surface area contributed by atoms with Gasteiger partial charge >= 0.3 is 0 Å². The third-order valence-electron chi connectivity index (χ3n) is 2.78. The van der Waals surface area contributed by atoms with Gasteiger partial charge in [0.1, 0.15) is 11.5 Å². The summed E-state index contributed by atoms with van der Waals surface area (Å²) in [5.74, 6) is 0.557. The van der Waals surface area contributed by atoms with Crippen molar-refractivity contribution in [2.24, 2.45) is 4.99 Å². The topological polar surface area (TPSA) is 85.0 Å². The zero-order valence-corrected chi connectivity index (χ0v) is 14.5. The minimum Gasteiger partial charge on any atom is -0.506 e. The van der Waals surface area contributed by atoms with Gasteiger partial charge in [0.25, 0.3) is 5.69 Å². The van der Waals surface area contributed by atoms with Crippen LogP contribution in [0.4, 0.5) is 11.4 Å². The molecule has 0 unspecified atom stereocenters. The number of nitro benzene ring substituents is 1. The summed E-state index contributed by atoms with van der Waals surface area (Å²) >= 11 is 6.43. The molecule has 1 N–H and O–H groups in total. The van der Waals surface area contributed by atoms with E-state index in [0.717, 1.165) is 4.47 Å². The minimum atomic E-state index is -0.536. The first kappa shape index (κ1) is 16.4. The molecule has 0 spiro atoms. The monoisotopic (exact) mass is 428 g/mol. The number of rotatable bonds is 4. The van der Waals surface area contributed by atoms with Gasteiger partial charge in [-0.05, 0) is 50.1 Å². The number of hydrogen-bond acceptors (Lipinski definition) is 5. The number of phenolic OH excluding ortho intramolecular Hbond substituents is 1. The number of methoxy groups -OCH3 is 1. The number of nitrogens with zero attached hydrogens (tertiary/aromatic N) is 2. The van der Waals surface area contributed by atoms with Gasteiger partial charge in [0.2, 0.25) is 0 Å². The Hall–Kier alpha value is -1.93. The Morgan fingerprint density at radius 3 is 2.59 bits per heavy atom. The largest absolute Gasteiger partial charge is 0.506 e. The molecule has 0 radical (unpaired) electrons. The van der Waals surface area contributed by atoms with Gasteiger partial charge < -0.3 is 9.84 Å². The SMILES string of the molecule is COc1ccc(N=Cc2cc([N+](=O)[O-])cc(Br)c2O)cc1Br. The Balaban J connectivity index is 2.37. The van der Waals surface area contributed by atoms with E-state index in [1.165, 1.54) is 18.3 Å². The lowest BCUT2D eigenvalue weighted by atomic mass is 10.2. The Morgan fingerprint density at radius 1 is 1.27 bits per heavy atom. The Bertz CT molecular complexity index is 763. The molecule has 0 aliphatic carbocycles. The van der Waals surface area contributed by atoms with Crippen LogP contribution in [0.25, 0.3) is 0 Å². The molecule has 0 aliphatic rings. The van der Waals surface area contributed by atoms with Crippen LogP contribution in [0, 0.1) is 10.1 Å². The van der Waals surface area contributed by atoms with Crippen LogP contribution >= 0.6 is 31.9 Å². The van der Waals surface area contributed by atoms with E-state index in [0.29, 0.717) is 11.4 Å². The molecule has 22 heavy (non-hydrogen) atoms. The molecule has 0 atom stereocenters. The number of halogens is 2. The van der Waals surface area contributed by atoms with Gasteiger partial charge in [-0.3, -0.25) is 15.1 Å². The highest BCUT2D eigenvalue weighted by atomic mass is 79.9. The zero-order chi connectivity index (χ0) is 16.3. The van der Waals surface area contributed by atoms with Crippen molar-refractivity contribution in [1.29, 1.82) is 0 Å². The van der Waals surface area contributed by atoms with Gasteiger partial charge in [0.15, 0.2) is 0 Å². The van der Waals surface area contributed by atoms with Gasteiger partial charge in [0, 0.05) is 23.9 Å². The highest BCUT2D eigenvalue weighted by molar-refractivity contribution is 9.10. The summed E-state index contributed by atoms with van der Waals surface area (Å²) < 4.78 is 6.09. The number of nitro groups is 1. The third kappa shape index (κ3) is 3.63. The lowest BCUT2D eigenvalue weighted by molar-refractivity contribution is -0.385. The van der Waals surface area contributed by atoms with Crippen molar-refractivity contribution in [3.05, 3.63) is 55.0 Å². The van der Waals surface area contributed by atoms with Crippen molar-refractivity contribution >= 4 is 49.4 Å². The highest BCUT2D eigenvalue weighted by Gasteiger charge is 2.13. The van der Waals surface area contributed by atoms with Crippen LogP contribution in [0.3, 0.4) is 0 Å². The van der Waals surface area contributed by atoms with Crippen LogP contribution in [-0.4, -0.2) is 23.4 Å². The number of hydrogen-bond donors (Lipinski definition) is 1. The van der Waals surface area contributed by atoms with Crippen LogP contribution in [0.15, 0.2) is 44.3 Å². The molecule has 6 nitrogen and oxygen atoms in total. The fourth-order valence-electron chi connectivity index (χ4n) is 1.69. The average molecular weight is 430 g/mol. The first-order valence-corrected chi connectivity index (χ1v) is 7.55. The summed E-state index contributed by atoms with van der Waals surface area (Å²) in [6.45, 7) is 0. The standard InChI is InChI=1S/C14H10Br2N2O4/c1-22-13-3-2-9(5-11(13)15)17-7-8-4-10(18(20)21)6-12(16)14(8)19/h2-7,19H,1H3. The van der Waals surface area contributed by atoms with Gasteiger partial charge in [-0.15, -0.1) is 0 Å². The van der Waals surface area contributed by atoms with E-state index in [1.54, 1.807) is 25.3 Å². The Kier molecular flexibility index (Phi) is 5.15. The normalized spacial score (nSPS) is 10.9. The molecule has 0 fully saturated rings. The fraction of sp³-hybridized carbons (Fsp3) is 0.0714. The second-order valence-electron chi connectivity index (χ2n) is 4.20. The maximum Gasteiger partial charge on any atom is 0.271 e. The fourth-order valence-corrected chi connectivity index (χ4v) is 2.68. The lowest BCUT2D eigenvalue weighted by Crippen LogP contribution is -1.91. The molecule has 0 heterocycles. The number of aromatic hydroxyl groups is 1. The number of ether oxygens (including phenoxy) is 1. The van der Waals surface area contributed by atoms with Crippen molar-refractivity contribution < 1.29 is 14.8 Å². The van der Waals surface area contributed by atoms with Gasteiger partial charge in [-0.25, -0.2) is 0 Å². The molecule has 0 saturated heterocycles. The number of benzene rings is 2. The Morgan fingerprint density at radius 2 is 2.00 bits per heavy atom. The number of phenols is 1. The number of non-ortho nitro benzene ring substituents is 1. The summed E-state index contributed by atoms with van der Waals surface area (Å²) in [6.07, 6.45) is 1.36. The second kappa shape index (κ2) is 6.89. The van der Waals surface area contributed by atoms with Crippen LogP contribution in [0.5, 0.6) is 11.5 Å². The predicted octanol–water partition coefficient (Wildman–Crippen LogP) is 4.58. The molecular formula is C14H10Br2N2O4. The van der Waals surface area contributed by atoms with Crippen molar-refractivity contribution in [2.45, 2.75) is 0 Å². The molecular weight excluding hydrogens is 420 g/mol. The van der Waals surface area contributed by atoms with Crippen LogP contribution in [0.2, 0.25) is 0 Å². The van der Waals surface area contributed by atoms with E-state index in [-0.39, 0.29) is 21.5 Å². The maximum absolute atomic E-state index is 10.8. The van der Waals surface area contributed by atoms with Crippen molar-refractivity contribution in [1.82, 2.24) is 0 Å². The van der Waals surface area contributed by atoms with Crippen LogP contribution in [-0.2, 0) is 0 Å².